The Kier molecular flexibility index (Phi) is 6.13. The van der Waals surface area contributed by atoms with Gasteiger partial charge in [-0.05, 0) is 72.8 Å². The van der Waals surface area contributed by atoms with Crippen LogP contribution in [0.2, 0.25) is 0 Å². The number of H-pyrrole nitrogens is 2. The summed E-state index contributed by atoms with van der Waals surface area (Å²) in [5.74, 6) is 0.802. The number of aromatic amines is 2. The first-order chi connectivity index (χ1) is 19.1. The molecular weight excluding hydrogens is 516 g/mol. The van der Waals surface area contributed by atoms with Crippen LogP contribution in [0, 0.1) is 16.9 Å². The molecule has 0 unspecified atom stereocenters. The first-order valence-electron chi connectivity index (χ1n) is 13.1. The molecule has 1 saturated carbocycles. The lowest BCUT2D eigenvalue weighted by Crippen LogP contribution is -2.20. The van der Waals surface area contributed by atoms with Crippen molar-refractivity contribution in [3.63, 3.8) is 0 Å². The fourth-order valence-corrected chi connectivity index (χ4v) is 6.26. The normalized spacial score (nSPS) is 14.2. The van der Waals surface area contributed by atoms with Gasteiger partial charge in [0.1, 0.15) is 11.2 Å². The number of imidazole rings is 1. The molecule has 1 aliphatic rings. The summed E-state index contributed by atoms with van der Waals surface area (Å²) in [4.78, 5) is 17.5. The van der Waals surface area contributed by atoms with E-state index in [1.165, 1.54) is 37.8 Å². The highest BCUT2D eigenvalue weighted by Crippen LogP contribution is 2.35. The van der Waals surface area contributed by atoms with Crippen LogP contribution in [0.15, 0.2) is 55.0 Å². The second-order valence-corrected chi connectivity index (χ2v) is 11.1. The summed E-state index contributed by atoms with van der Waals surface area (Å²) in [5, 5.41) is 11.1. The SMILES string of the molecule is Fc1ccc(-c2ccnc3nc(-c4[nH]nc5c(F)cc(-c6cncc(CNCC7CCCC7)c6)cc45)[nH]c23)s1. The highest BCUT2D eigenvalue weighted by atomic mass is 32.1. The van der Waals surface area contributed by atoms with E-state index in [0.29, 0.717) is 33.6 Å². The highest BCUT2D eigenvalue weighted by Gasteiger charge is 2.19. The zero-order valence-corrected chi connectivity index (χ0v) is 21.8. The summed E-state index contributed by atoms with van der Waals surface area (Å²) in [7, 11) is 0. The van der Waals surface area contributed by atoms with Gasteiger partial charge in [0.2, 0.25) is 0 Å². The van der Waals surface area contributed by atoms with E-state index in [1.54, 1.807) is 18.5 Å². The second kappa shape index (κ2) is 9.94. The minimum absolute atomic E-state index is 0.227. The molecule has 7 nitrogen and oxygen atoms in total. The minimum atomic E-state index is -0.432. The summed E-state index contributed by atoms with van der Waals surface area (Å²) >= 11 is 1.06. The lowest BCUT2D eigenvalue weighted by molar-refractivity contribution is 0.489. The zero-order valence-electron chi connectivity index (χ0n) is 21.0. The van der Waals surface area contributed by atoms with Crippen molar-refractivity contribution >= 4 is 33.4 Å². The van der Waals surface area contributed by atoms with Gasteiger partial charge in [-0.15, -0.1) is 11.3 Å². The van der Waals surface area contributed by atoms with E-state index in [2.05, 4.69) is 35.5 Å². The summed E-state index contributed by atoms with van der Waals surface area (Å²) in [5.41, 5.74) is 5.33. The number of nitrogens with zero attached hydrogens (tertiary/aromatic N) is 4. The molecular formula is C29H25F2N7S. The lowest BCUT2D eigenvalue weighted by Gasteiger charge is -2.11. The molecule has 0 radical (unpaired) electrons. The van der Waals surface area contributed by atoms with E-state index in [9.17, 15) is 4.39 Å². The molecule has 0 spiro atoms. The number of rotatable bonds is 7. The first kappa shape index (κ1) is 24.1. The Hall–Kier alpha value is -4.02. The van der Waals surface area contributed by atoms with Crippen LogP contribution in [0.4, 0.5) is 8.78 Å². The molecule has 0 amide bonds. The van der Waals surface area contributed by atoms with Crippen LogP contribution in [0.5, 0.6) is 0 Å². The fraction of sp³-hybridized carbons (Fsp3) is 0.241. The Morgan fingerprint density at radius 2 is 1.92 bits per heavy atom. The number of thiophene rings is 1. The number of benzene rings is 1. The van der Waals surface area contributed by atoms with Crippen molar-refractivity contribution in [3.8, 4) is 33.1 Å². The quantitative estimate of drug-likeness (QED) is 0.205. The van der Waals surface area contributed by atoms with E-state index >= 15 is 4.39 Å². The number of nitrogens with one attached hydrogen (secondary N) is 3. The molecule has 1 fully saturated rings. The molecule has 0 aliphatic heterocycles. The summed E-state index contributed by atoms with van der Waals surface area (Å²) in [6.45, 7) is 1.74. The van der Waals surface area contributed by atoms with E-state index in [0.717, 1.165) is 51.9 Å². The van der Waals surface area contributed by atoms with E-state index < -0.39 is 5.82 Å². The second-order valence-electron chi connectivity index (χ2n) is 10.1. The molecule has 196 valence electrons. The third kappa shape index (κ3) is 4.59. The Labute approximate surface area is 226 Å². The summed E-state index contributed by atoms with van der Waals surface area (Å²) < 4.78 is 28.9. The van der Waals surface area contributed by atoms with Gasteiger partial charge in [0.25, 0.3) is 0 Å². The molecule has 10 heteroatoms. The molecule has 7 rings (SSSR count). The number of pyridine rings is 2. The molecule has 6 aromatic rings. The van der Waals surface area contributed by atoms with Crippen molar-refractivity contribution in [1.29, 1.82) is 0 Å². The van der Waals surface area contributed by atoms with Gasteiger partial charge in [-0.1, -0.05) is 12.8 Å². The molecule has 5 aromatic heterocycles. The predicted molar refractivity (Wildman–Crippen MR) is 149 cm³/mol. The van der Waals surface area contributed by atoms with Crippen molar-refractivity contribution in [2.45, 2.75) is 32.2 Å². The smallest absolute Gasteiger partial charge is 0.178 e. The van der Waals surface area contributed by atoms with Crippen LogP contribution >= 0.6 is 11.3 Å². The molecule has 39 heavy (non-hydrogen) atoms. The third-order valence-electron chi connectivity index (χ3n) is 7.44. The van der Waals surface area contributed by atoms with Crippen molar-refractivity contribution in [1.82, 2.24) is 35.5 Å². The van der Waals surface area contributed by atoms with Crippen molar-refractivity contribution in [2.75, 3.05) is 6.54 Å². The average Bonchev–Trinajstić information content (AvgIpc) is 3.75. The van der Waals surface area contributed by atoms with E-state index in [1.807, 2.05) is 24.4 Å². The largest absolute Gasteiger partial charge is 0.335 e. The van der Waals surface area contributed by atoms with Gasteiger partial charge >= 0.3 is 0 Å². The van der Waals surface area contributed by atoms with Crippen LogP contribution in [-0.4, -0.2) is 36.7 Å². The van der Waals surface area contributed by atoms with Gasteiger partial charge in [0.15, 0.2) is 22.4 Å². The van der Waals surface area contributed by atoms with Crippen LogP contribution in [-0.2, 0) is 6.54 Å². The average molecular weight is 542 g/mol. The van der Waals surface area contributed by atoms with Crippen LogP contribution in [0.25, 0.3) is 55.2 Å². The lowest BCUT2D eigenvalue weighted by atomic mass is 10.0. The third-order valence-corrected chi connectivity index (χ3v) is 8.35. The van der Waals surface area contributed by atoms with Crippen molar-refractivity contribution in [2.24, 2.45) is 5.92 Å². The number of hydrogen-bond donors (Lipinski definition) is 3. The monoisotopic (exact) mass is 541 g/mol. The molecule has 1 aromatic carbocycles. The van der Waals surface area contributed by atoms with E-state index in [4.69, 9.17) is 0 Å². The fourth-order valence-electron chi connectivity index (χ4n) is 5.49. The van der Waals surface area contributed by atoms with Crippen molar-refractivity contribution in [3.05, 3.63) is 71.5 Å². The van der Waals surface area contributed by atoms with Crippen molar-refractivity contribution < 1.29 is 8.78 Å². The van der Waals surface area contributed by atoms with Crippen LogP contribution in [0.1, 0.15) is 31.2 Å². The Balaban J connectivity index is 1.23. The summed E-state index contributed by atoms with van der Waals surface area (Å²) in [6, 6.07) is 10.4. The number of hydrogen-bond acceptors (Lipinski definition) is 6. The maximum atomic E-state index is 15.2. The Morgan fingerprint density at radius 1 is 1.03 bits per heavy atom. The topological polar surface area (TPSA) is 95.2 Å². The number of aromatic nitrogens is 6. The minimum Gasteiger partial charge on any atom is -0.335 e. The van der Waals surface area contributed by atoms with Gasteiger partial charge in [-0.2, -0.15) is 9.49 Å². The summed E-state index contributed by atoms with van der Waals surface area (Å²) in [6.07, 6.45) is 10.5. The number of fused-ring (bicyclic) bond motifs is 2. The Morgan fingerprint density at radius 3 is 2.77 bits per heavy atom. The molecule has 5 heterocycles. The van der Waals surface area contributed by atoms with Crippen LogP contribution < -0.4 is 5.32 Å². The molecule has 0 bridgehead atoms. The molecule has 0 saturated heterocycles. The molecule has 1 aliphatic carbocycles. The van der Waals surface area contributed by atoms with Gasteiger partial charge in [-0.25, -0.2) is 14.4 Å². The highest BCUT2D eigenvalue weighted by molar-refractivity contribution is 7.14. The Bertz CT molecular complexity index is 1800. The van der Waals surface area contributed by atoms with Crippen LogP contribution in [0.3, 0.4) is 0 Å². The molecule has 0 atom stereocenters. The standard InChI is InChI=1S/C29H25F2N7S/c30-22-11-18(19-9-17(14-33-15-19)13-32-12-16-3-1-2-4-16)10-21-25(22)37-38-27(21)29-35-26-20(7-8-34-28(26)36-29)23-5-6-24(31)39-23/h5-11,14-16,32H,1-4,12-13H2,(H,37,38)(H,34,35,36). The maximum absolute atomic E-state index is 15.2. The maximum Gasteiger partial charge on any atom is 0.178 e. The zero-order chi connectivity index (χ0) is 26.3. The first-order valence-corrected chi connectivity index (χ1v) is 13.9. The van der Waals surface area contributed by atoms with Gasteiger partial charge < -0.3 is 10.3 Å². The van der Waals surface area contributed by atoms with Gasteiger partial charge in [0.05, 0.1) is 5.52 Å². The van der Waals surface area contributed by atoms with Gasteiger partial charge in [0, 0.05) is 46.5 Å². The number of halogens is 2. The molecule has 3 N–H and O–H groups in total. The van der Waals surface area contributed by atoms with Gasteiger partial charge in [-0.3, -0.25) is 10.1 Å². The van der Waals surface area contributed by atoms with E-state index in [-0.39, 0.29) is 10.6 Å². The predicted octanol–water partition coefficient (Wildman–Crippen LogP) is 6.85.